The molecule has 2 aromatic rings. The van der Waals surface area contributed by atoms with E-state index in [0.717, 1.165) is 17.5 Å². The third-order valence-electron chi connectivity index (χ3n) is 5.96. The van der Waals surface area contributed by atoms with Crippen LogP contribution in [0.1, 0.15) is 49.8 Å². The van der Waals surface area contributed by atoms with Crippen LogP contribution in [0, 0.1) is 17.7 Å². The summed E-state index contributed by atoms with van der Waals surface area (Å²) in [4.78, 5) is 28.1. The van der Waals surface area contributed by atoms with Gasteiger partial charge in [-0.05, 0) is 47.9 Å². The van der Waals surface area contributed by atoms with Gasteiger partial charge in [-0.25, -0.2) is 4.39 Å². The highest BCUT2D eigenvalue weighted by molar-refractivity contribution is 5.91. The van der Waals surface area contributed by atoms with E-state index in [1.165, 1.54) is 12.1 Å². The lowest BCUT2D eigenvalue weighted by Gasteiger charge is -2.40. The predicted octanol–water partition coefficient (Wildman–Crippen LogP) is 4.04. The average molecular weight is 394 g/mol. The van der Waals surface area contributed by atoms with E-state index < -0.39 is 6.04 Å². The molecule has 0 bridgehead atoms. The molecular weight excluding hydrogens is 367 g/mol. The number of benzene rings is 2. The summed E-state index contributed by atoms with van der Waals surface area (Å²) in [7, 11) is 0. The molecule has 29 heavy (non-hydrogen) atoms. The average Bonchev–Trinajstić information content (AvgIpc) is 3.50. The lowest BCUT2D eigenvalue weighted by molar-refractivity contribution is -0.146. The van der Waals surface area contributed by atoms with Gasteiger partial charge in [0.15, 0.2) is 0 Å². The summed E-state index contributed by atoms with van der Waals surface area (Å²) in [6.45, 7) is 4.62. The Kier molecular flexibility index (Phi) is 5.39. The van der Waals surface area contributed by atoms with Gasteiger partial charge < -0.3 is 10.2 Å². The molecule has 2 aromatic carbocycles. The van der Waals surface area contributed by atoms with Gasteiger partial charge in [-0.3, -0.25) is 9.59 Å². The minimum absolute atomic E-state index is 0.0424. The molecule has 5 heteroatoms. The highest BCUT2D eigenvalue weighted by Crippen LogP contribution is 2.49. The van der Waals surface area contributed by atoms with Crippen LogP contribution in [0.4, 0.5) is 4.39 Å². The van der Waals surface area contributed by atoms with Crippen molar-refractivity contribution in [2.75, 3.05) is 6.54 Å². The Labute approximate surface area is 171 Å². The van der Waals surface area contributed by atoms with E-state index in [0.29, 0.717) is 18.9 Å². The molecule has 1 saturated heterocycles. The van der Waals surface area contributed by atoms with Crippen molar-refractivity contribution in [3.63, 3.8) is 0 Å². The normalized spacial score (nSPS) is 26.3. The van der Waals surface area contributed by atoms with Crippen LogP contribution in [-0.4, -0.2) is 29.3 Å². The number of carbonyl (C=O) groups excluding carboxylic acids is 2. The summed E-state index contributed by atoms with van der Waals surface area (Å²) in [5, 5.41) is 3.11. The zero-order chi connectivity index (χ0) is 20.5. The van der Waals surface area contributed by atoms with Crippen LogP contribution < -0.4 is 5.32 Å². The van der Waals surface area contributed by atoms with Crippen molar-refractivity contribution in [2.24, 2.45) is 11.8 Å². The fraction of sp³-hybridized carbons (Fsp3) is 0.417. The predicted molar refractivity (Wildman–Crippen MR) is 110 cm³/mol. The van der Waals surface area contributed by atoms with Crippen LogP contribution in [0.25, 0.3) is 0 Å². The number of carbonyl (C=O) groups is 2. The summed E-state index contributed by atoms with van der Waals surface area (Å²) in [6.07, 6.45) is 1.40. The molecule has 0 radical (unpaired) electrons. The fourth-order valence-corrected chi connectivity index (χ4v) is 4.34. The Bertz CT molecular complexity index is 882. The maximum absolute atomic E-state index is 13.4. The molecule has 4 atom stereocenters. The first-order valence-electron chi connectivity index (χ1n) is 10.3. The standard InChI is InChI=1S/C24H27FN2O2/c1-15(2)12-22-23(28)26-21(17-6-4-3-5-7-17)14-27(22)24(29)20-13-19(20)16-8-10-18(25)11-9-16/h3-11,15,19-22H,12-14H2,1-2H3,(H,26,28)/t19-,20+,21+,22-/m0/s1. The van der Waals surface area contributed by atoms with E-state index in [-0.39, 0.29) is 35.5 Å². The van der Waals surface area contributed by atoms with E-state index in [1.807, 2.05) is 30.3 Å². The fourth-order valence-electron chi connectivity index (χ4n) is 4.34. The maximum atomic E-state index is 13.4. The first-order chi connectivity index (χ1) is 13.9. The molecule has 2 amide bonds. The van der Waals surface area contributed by atoms with Crippen LogP contribution in [0.3, 0.4) is 0 Å². The van der Waals surface area contributed by atoms with Gasteiger partial charge in [0.1, 0.15) is 11.9 Å². The summed E-state index contributed by atoms with van der Waals surface area (Å²) in [5.41, 5.74) is 2.00. The molecule has 0 unspecified atom stereocenters. The van der Waals surface area contributed by atoms with Gasteiger partial charge in [0.2, 0.25) is 11.8 Å². The molecule has 0 aromatic heterocycles. The lowest BCUT2D eigenvalue weighted by Crippen LogP contribution is -2.59. The van der Waals surface area contributed by atoms with Gasteiger partial charge in [0, 0.05) is 12.5 Å². The molecule has 1 saturated carbocycles. The topological polar surface area (TPSA) is 49.4 Å². The number of hydrogen-bond acceptors (Lipinski definition) is 2. The number of amides is 2. The van der Waals surface area contributed by atoms with Gasteiger partial charge >= 0.3 is 0 Å². The van der Waals surface area contributed by atoms with E-state index in [9.17, 15) is 14.0 Å². The Morgan fingerprint density at radius 2 is 1.79 bits per heavy atom. The van der Waals surface area contributed by atoms with Crippen molar-refractivity contribution in [1.82, 2.24) is 10.2 Å². The highest BCUT2D eigenvalue weighted by Gasteiger charge is 2.49. The largest absolute Gasteiger partial charge is 0.346 e. The number of rotatable bonds is 5. The number of piperazine rings is 1. The molecule has 1 aliphatic heterocycles. The van der Waals surface area contributed by atoms with E-state index in [4.69, 9.17) is 0 Å². The van der Waals surface area contributed by atoms with Crippen LogP contribution >= 0.6 is 0 Å². The monoisotopic (exact) mass is 394 g/mol. The summed E-state index contributed by atoms with van der Waals surface area (Å²) >= 11 is 0. The van der Waals surface area contributed by atoms with Gasteiger partial charge in [-0.15, -0.1) is 0 Å². The highest BCUT2D eigenvalue weighted by atomic mass is 19.1. The van der Waals surface area contributed by atoms with E-state index in [1.54, 1.807) is 17.0 Å². The Morgan fingerprint density at radius 1 is 1.10 bits per heavy atom. The second kappa shape index (κ2) is 7.97. The van der Waals surface area contributed by atoms with Crippen molar-refractivity contribution >= 4 is 11.8 Å². The van der Waals surface area contributed by atoms with E-state index in [2.05, 4.69) is 19.2 Å². The van der Waals surface area contributed by atoms with Crippen molar-refractivity contribution < 1.29 is 14.0 Å². The van der Waals surface area contributed by atoms with E-state index >= 15 is 0 Å². The molecular formula is C24H27FN2O2. The van der Waals surface area contributed by atoms with Crippen LogP contribution in [0.2, 0.25) is 0 Å². The summed E-state index contributed by atoms with van der Waals surface area (Å²) in [6, 6.07) is 15.6. The zero-order valence-corrected chi connectivity index (χ0v) is 16.8. The Hall–Kier alpha value is -2.69. The summed E-state index contributed by atoms with van der Waals surface area (Å²) in [5.74, 6) is -0.0126. The van der Waals surface area contributed by atoms with Crippen molar-refractivity contribution in [3.8, 4) is 0 Å². The molecule has 2 fully saturated rings. The van der Waals surface area contributed by atoms with Crippen molar-refractivity contribution in [2.45, 2.75) is 44.7 Å². The van der Waals surface area contributed by atoms with Gasteiger partial charge in [0.25, 0.3) is 0 Å². The van der Waals surface area contributed by atoms with Gasteiger partial charge in [-0.1, -0.05) is 56.3 Å². The second-order valence-corrected chi connectivity index (χ2v) is 8.61. The van der Waals surface area contributed by atoms with Gasteiger partial charge in [-0.2, -0.15) is 0 Å². The zero-order valence-electron chi connectivity index (χ0n) is 16.8. The molecule has 2 aliphatic rings. The Morgan fingerprint density at radius 3 is 2.45 bits per heavy atom. The number of nitrogens with one attached hydrogen (secondary N) is 1. The minimum atomic E-state index is -0.433. The molecule has 4 nitrogen and oxygen atoms in total. The molecule has 0 spiro atoms. The van der Waals surface area contributed by atoms with Crippen molar-refractivity contribution in [3.05, 3.63) is 71.5 Å². The smallest absolute Gasteiger partial charge is 0.243 e. The number of halogens is 1. The molecule has 1 heterocycles. The molecule has 152 valence electrons. The molecule has 1 N–H and O–H groups in total. The quantitative estimate of drug-likeness (QED) is 0.832. The molecule has 1 aliphatic carbocycles. The maximum Gasteiger partial charge on any atom is 0.243 e. The van der Waals surface area contributed by atoms with Crippen molar-refractivity contribution in [1.29, 1.82) is 0 Å². The lowest BCUT2D eigenvalue weighted by atomic mass is 9.95. The first kappa shape index (κ1) is 19.6. The second-order valence-electron chi connectivity index (χ2n) is 8.61. The van der Waals surface area contributed by atoms with Crippen LogP contribution in [0.15, 0.2) is 54.6 Å². The first-order valence-corrected chi connectivity index (χ1v) is 10.3. The summed E-state index contributed by atoms with van der Waals surface area (Å²) < 4.78 is 13.2. The van der Waals surface area contributed by atoms with Crippen LogP contribution in [0.5, 0.6) is 0 Å². The minimum Gasteiger partial charge on any atom is -0.346 e. The molecule has 4 rings (SSSR count). The Balaban J connectivity index is 1.54. The third-order valence-corrected chi connectivity index (χ3v) is 5.96. The van der Waals surface area contributed by atoms with Crippen LogP contribution in [-0.2, 0) is 9.59 Å². The number of nitrogens with zero attached hydrogens (tertiary/aromatic N) is 1. The van der Waals surface area contributed by atoms with Gasteiger partial charge in [0.05, 0.1) is 6.04 Å². The SMILES string of the molecule is CC(C)C[C@H]1C(=O)N[C@@H](c2ccccc2)CN1C(=O)[C@@H]1C[C@H]1c1ccc(F)cc1. The number of hydrogen-bond donors (Lipinski definition) is 1. The third kappa shape index (κ3) is 4.19.